The molecule has 0 aliphatic carbocycles. The fourth-order valence-electron chi connectivity index (χ4n) is 6.19. The third kappa shape index (κ3) is 28.5. The molecule has 0 radical (unpaired) electrons. The number of hydrogen-bond acceptors (Lipinski definition) is 24. The molecule has 0 aliphatic heterocycles. The number of aliphatic carboxylic acids is 1. The van der Waals surface area contributed by atoms with Crippen LogP contribution in [0.2, 0.25) is 20.1 Å². The predicted molar refractivity (Wildman–Crippen MR) is 309 cm³/mol. The number of anilines is 2. The summed E-state index contributed by atoms with van der Waals surface area (Å²) in [4.78, 5) is 48.7. The smallest absolute Gasteiger partial charge is 1.00 e. The van der Waals surface area contributed by atoms with Gasteiger partial charge in [-0.2, -0.15) is 12.8 Å². The van der Waals surface area contributed by atoms with E-state index < -0.39 is 73.9 Å². The van der Waals surface area contributed by atoms with Crippen LogP contribution in [0.15, 0.2) is 86.5 Å². The summed E-state index contributed by atoms with van der Waals surface area (Å²) in [7, 11) is -12.8. The summed E-state index contributed by atoms with van der Waals surface area (Å²) in [6.45, 7) is 3.14. The average Bonchev–Trinajstić information content (AvgIpc) is 1.08. The third-order valence-corrected chi connectivity index (χ3v) is 13.6. The third-order valence-electron chi connectivity index (χ3n) is 9.49. The van der Waals surface area contributed by atoms with Gasteiger partial charge in [0, 0.05) is 40.9 Å². The van der Waals surface area contributed by atoms with Gasteiger partial charge in [0.1, 0.15) is 21.3 Å². The van der Waals surface area contributed by atoms with Crippen LogP contribution in [0.4, 0.5) is 36.6 Å². The molecule has 0 fully saturated rings. The minimum atomic E-state index is -10.7. The van der Waals surface area contributed by atoms with Crippen LogP contribution in [0, 0.1) is 13.8 Å². The van der Waals surface area contributed by atoms with E-state index in [4.69, 9.17) is 86.0 Å². The summed E-state index contributed by atoms with van der Waals surface area (Å²) in [5.41, 5.74) is 11.5. The van der Waals surface area contributed by atoms with Crippen molar-refractivity contribution in [1.82, 2.24) is 4.90 Å². The number of fused-ring (bicyclic) bond motifs is 2. The van der Waals surface area contributed by atoms with Crippen molar-refractivity contribution < 1.29 is 169 Å². The van der Waals surface area contributed by atoms with Gasteiger partial charge in [-0.1, -0.05) is 88.6 Å². The quantitative estimate of drug-likeness (QED) is 0.00635. The minimum Gasteiger partial charge on any atom is 1.00 e. The minimum absolute atomic E-state index is 0. The van der Waals surface area contributed by atoms with Gasteiger partial charge in [0.25, 0.3) is 10.1 Å². The molecule has 0 spiro atoms. The molecular formula is C46H56Cl4F6KN4O21PS4-2. The summed E-state index contributed by atoms with van der Waals surface area (Å²) in [6.07, 6.45) is -1.10. The van der Waals surface area contributed by atoms with E-state index in [1.54, 1.807) is 51.5 Å². The molecule has 0 bridgehead atoms. The molecule has 6 aromatic rings. The van der Waals surface area contributed by atoms with Crippen LogP contribution >= 0.6 is 78.3 Å². The number of halogens is 10. The first-order valence-corrected chi connectivity index (χ1v) is 28.5. The van der Waals surface area contributed by atoms with Crippen LogP contribution in [0.25, 0.3) is 21.9 Å². The number of carboxylic acids is 1. The van der Waals surface area contributed by atoms with Crippen molar-refractivity contribution in [2.45, 2.75) is 83.4 Å². The zero-order chi connectivity index (χ0) is 62.1. The largest absolute Gasteiger partial charge is 1.00 e. The molecule has 0 saturated heterocycles. The Morgan fingerprint density at radius 1 is 0.690 bits per heavy atom. The molecule has 41 heteroatoms. The van der Waals surface area contributed by atoms with Gasteiger partial charge in [-0.3, -0.25) is 14.4 Å². The van der Waals surface area contributed by atoms with Crippen molar-refractivity contribution >= 4 is 150 Å². The number of carbonyl (C=O) groups excluding carboxylic acids is 2. The Hall–Kier alpha value is -3.80. The molecule has 87 heavy (non-hydrogen) atoms. The number of carboxylic acid groups (broad SMARTS) is 1. The normalized spacial score (nSPS) is 11.5. The Morgan fingerprint density at radius 3 is 1.37 bits per heavy atom. The Balaban J connectivity index is -0.000000562. The average molecular weight is 1460 g/mol. The number of aryl methyl sites for hydroxylation is 2. The zero-order valence-electron chi connectivity index (χ0n) is 42.1. The standard InChI is InChI=1S/C18H13Cl2NO10S2.C12H11NO7S.C11H14Cl2N2O4S.5CH4.F6P.K/c1-7-9-4-15(32-31-30-24)13(21)6-14(9)28-18(23)10(7)5-16(22)29-17-11(19)2-8(3-12(17)20)33(25,26)27;1-5-6-2-10(21-20-19-17)8(13)4-9(6)18-12(16)7(5)3-11(14)15;1-14(2)11(15(3)4)19-10-8(12)5-7(6-9(10)13)20(16,17)18;;;;;;1-7(2,3,4,5)6;/h2-4,6,24H,5,21H2,1H3,(H,25,26,27);2,4,17H,3,13H2,1H3,(H,14,15);5-6H,1-4H3;5*1H4;;/q;;;;;;;;-1;+1/p-2. The van der Waals surface area contributed by atoms with Gasteiger partial charge < -0.3 is 49.5 Å². The van der Waals surface area contributed by atoms with Crippen LogP contribution in [0.1, 0.15) is 59.4 Å². The second-order valence-electron chi connectivity index (χ2n) is 15.9. The van der Waals surface area contributed by atoms with E-state index in [9.17, 15) is 76.1 Å². The first-order chi connectivity index (χ1) is 36.8. The van der Waals surface area contributed by atoms with Crippen LogP contribution in [0.3, 0.4) is 0 Å². The Morgan fingerprint density at radius 2 is 1.05 bits per heavy atom. The Kier molecular flexibility index (Phi) is 36.2. The van der Waals surface area contributed by atoms with E-state index in [1.165, 1.54) is 24.3 Å². The molecule has 6 N–H and O–H groups in total. The maximum Gasteiger partial charge on any atom is 1.00 e. The number of carbonyl (C=O) groups is 2. The van der Waals surface area contributed by atoms with Gasteiger partial charge in [-0.15, -0.1) is 4.33 Å². The zero-order valence-corrected chi connectivity index (χ0v) is 52.4. The van der Waals surface area contributed by atoms with Gasteiger partial charge in [-0.25, -0.2) is 32.7 Å². The number of rotatable bonds is 14. The van der Waals surface area contributed by atoms with Crippen molar-refractivity contribution in [1.29, 1.82) is 0 Å². The monoisotopic (exact) mass is 1450 g/mol. The number of ether oxygens (including phenoxy) is 2. The molecule has 25 nitrogen and oxygen atoms in total. The van der Waals surface area contributed by atoms with Crippen LogP contribution in [-0.2, 0) is 61.4 Å². The Labute approximate surface area is 564 Å². The summed E-state index contributed by atoms with van der Waals surface area (Å²) in [6, 6.07) is 9.91. The molecule has 488 valence electrons. The molecule has 0 unspecified atom stereocenters. The van der Waals surface area contributed by atoms with Gasteiger partial charge >= 0.3 is 108 Å². The van der Waals surface area contributed by atoms with Crippen molar-refractivity contribution in [3.05, 3.63) is 112 Å². The van der Waals surface area contributed by atoms with Crippen molar-refractivity contribution in [2.24, 2.45) is 0 Å². The first kappa shape index (κ1) is 89.6. The Bertz CT molecular complexity index is 3760. The number of nitrogens with two attached hydrogens (primary N) is 2. The molecule has 2 heterocycles. The van der Waals surface area contributed by atoms with Crippen molar-refractivity contribution in [3.63, 3.8) is 0 Å². The molecule has 0 amide bonds. The fraction of sp³-hybridized carbons (Fsp3) is 0.283. The SMILES string of the molecule is C.C.C.C.C.CN(C)C(Oc1c(Cl)cc(S(=O)(=O)[O-])cc1Cl)=[N+](C)C.Cc1c(CC(=O)Oc2c(Cl)cc(S(=O)(=O)O)cc2Cl)c(=O)oc2cc(N)c(SOOO)cc12.Cc1c(CC(=O)[O-])c(=O)oc2cc(N)c(SOO[O-])cc12.F[P-](F)(F)(F)(F)F.[K+]. The maximum atomic E-state index is 12.5. The van der Waals surface area contributed by atoms with E-state index in [2.05, 4.69) is 18.7 Å². The number of amidine groups is 1. The molecule has 4 aromatic carbocycles. The van der Waals surface area contributed by atoms with Crippen LogP contribution < -0.4 is 93.9 Å². The topological polar surface area (TPSA) is 386 Å². The first-order valence-electron chi connectivity index (χ1n) is 20.6. The summed E-state index contributed by atoms with van der Waals surface area (Å²) < 4.78 is 155. The fourth-order valence-corrected chi connectivity index (χ4v) is 9.48. The summed E-state index contributed by atoms with van der Waals surface area (Å²) in [5, 5.41) is 35.7. The van der Waals surface area contributed by atoms with Gasteiger partial charge in [-0.05, 0) is 61.4 Å². The molecule has 6 rings (SSSR count). The van der Waals surface area contributed by atoms with Gasteiger partial charge in [0.15, 0.2) is 11.5 Å². The van der Waals surface area contributed by atoms with Crippen molar-refractivity contribution in [2.75, 3.05) is 39.7 Å². The summed E-state index contributed by atoms with van der Waals surface area (Å²) in [5.74, 6) is -2.61. The van der Waals surface area contributed by atoms with Crippen molar-refractivity contribution in [3.8, 4) is 11.5 Å². The number of benzene rings is 4. The molecule has 2 aromatic heterocycles. The number of nitrogen functional groups attached to an aromatic ring is 2. The van der Waals surface area contributed by atoms with E-state index in [-0.39, 0.29) is 154 Å². The van der Waals surface area contributed by atoms with Crippen LogP contribution in [-0.4, -0.2) is 86.8 Å². The second-order valence-corrected chi connectivity index (χ2v) is 23.7. The summed E-state index contributed by atoms with van der Waals surface area (Å²) >= 11 is 24.9. The van der Waals surface area contributed by atoms with E-state index >= 15 is 0 Å². The predicted octanol–water partition coefficient (Wildman–Crippen LogP) is 8.05. The second kappa shape index (κ2) is 35.1. The van der Waals surface area contributed by atoms with Gasteiger partial charge in [0.2, 0.25) is 0 Å². The molecule has 0 atom stereocenters. The number of hydrogen-bond donors (Lipinski definition) is 4. The molecule has 0 aliphatic rings. The number of esters is 1. The van der Waals surface area contributed by atoms with E-state index in [0.717, 1.165) is 24.3 Å². The van der Waals surface area contributed by atoms with E-state index in [1.807, 2.05) is 0 Å². The molecule has 0 saturated carbocycles. The van der Waals surface area contributed by atoms with E-state index in [0.29, 0.717) is 61.8 Å². The maximum absolute atomic E-state index is 12.5. The molecular weight excluding hydrogens is 1400 g/mol. The van der Waals surface area contributed by atoms with Crippen LogP contribution in [0.5, 0.6) is 11.5 Å². The van der Waals surface area contributed by atoms with Gasteiger partial charge in [0.05, 0.1) is 115 Å². The number of nitrogens with zero attached hydrogens (tertiary/aromatic N) is 2.